The van der Waals surface area contributed by atoms with Crippen molar-refractivity contribution in [2.45, 2.75) is 117 Å². The van der Waals surface area contributed by atoms with Gasteiger partial charge in [-0.3, -0.25) is 0 Å². The molecular formula is C84H80N2. The molecule has 426 valence electrons. The van der Waals surface area contributed by atoms with E-state index in [-0.39, 0.29) is 21.9 Å². The summed E-state index contributed by atoms with van der Waals surface area (Å²) in [7, 11) is 0. The topological polar surface area (TPSA) is 6.48 Å². The van der Waals surface area contributed by atoms with Gasteiger partial charge in [-0.05, 0) is 235 Å². The van der Waals surface area contributed by atoms with E-state index >= 15 is 0 Å². The van der Waals surface area contributed by atoms with Crippen molar-refractivity contribution in [1.29, 1.82) is 0 Å². The maximum atomic E-state index is 2.71. The molecule has 0 N–H and O–H groups in total. The van der Waals surface area contributed by atoms with Gasteiger partial charge in [-0.15, -0.1) is 0 Å². The van der Waals surface area contributed by atoms with Crippen LogP contribution in [0, 0.1) is 22.7 Å². The third kappa shape index (κ3) is 9.03. The highest BCUT2D eigenvalue weighted by atomic mass is 15.2. The molecule has 2 saturated carbocycles. The molecule has 11 aromatic rings. The van der Waals surface area contributed by atoms with Crippen molar-refractivity contribution in [2.24, 2.45) is 22.7 Å². The van der Waals surface area contributed by atoms with Gasteiger partial charge in [0.05, 0.1) is 0 Å². The molecule has 2 aliphatic heterocycles. The molecule has 2 fully saturated rings. The average molecular weight is 1120 g/mol. The normalized spacial score (nSPS) is 21.7. The summed E-state index contributed by atoms with van der Waals surface area (Å²) in [4.78, 5) is 5.42. The second kappa shape index (κ2) is 20.6. The van der Waals surface area contributed by atoms with E-state index in [1.165, 1.54) is 161 Å². The minimum absolute atomic E-state index is 0.0106. The zero-order valence-corrected chi connectivity index (χ0v) is 51.5. The van der Waals surface area contributed by atoms with Crippen molar-refractivity contribution in [3.05, 3.63) is 254 Å². The Labute approximate surface area is 511 Å². The Kier molecular flexibility index (Phi) is 13.0. The van der Waals surface area contributed by atoms with Crippen molar-refractivity contribution in [3.8, 4) is 66.8 Å². The lowest BCUT2D eigenvalue weighted by Crippen LogP contribution is -2.48. The number of fused-ring (bicyclic) bond motifs is 8. The predicted octanol–water partition coefficient (Wildman–Crippen LogP) is 23.7. The van der Waals surface area contributed by atoms with Gasteiger partial charge in [-0.1, -0.05) is 224 Å². The molecule has 2 heterocycles. The van der Waals surface area contributed by atoms with Crippen molar-refractivity contribution >= 4 is 44.3 Å². The molecule has 0 radical (unpaired) electrons. The minimum Gasteiger partial charge on any atom is -0.335 e. The Morgan fingerprint density at radius 1 is 0.314 bits per heavy atom. The van der Waals surface area contributed by atoms with Crippen LogP contribution in [-0.2, 0) is 0 Å². The summed E-state index contributed by atoms with van der Waals surface area (Å²) in [6, 6.07) is 92.6. The molecule has 2 aliphatic carbocycles. The van der Waals surface area contributed by atoms with Gasteiger partial charge in [-0.25, -0.2) is 0 Å². The molecule has 0 amide bonds. The molecular weight excluding hydrogens is 1040 g/mol. The molecule has 6 unspecified atom stereocenters. The third-order valence-electron chi connectivity index (χ3n) is 21.7. The highest BCUT2D eigenvalue weighted by Crippen LogP contribution is 2.63. The van der Waals surface area contributed by atoms with E-state index in [1.54, 1.807) is 0 Å². The quantitative estimate of drug-likeness (QED) is 0.140. The van der Waals surface area contributed by atoms with E-state index in [0.29, 0.717) is 23.7 Å². The largest absolute Gasteiger partial charge is 0.335 e. The van der Waals surface area contributed by atoms with E-state index in [2.05, 4.69) is 308 Å². The van der Waals surface area contributed by atoms with Gasteiger partial charge < -0.3 is 9.80 Å². The Morgan fingerprint density at radius 3 is 0.977 bits per heavy atom. The van der Waals surface area contributed by atoms with Crippen LogP contribution >= 0.6 is 0 Å². The van der Waals surface area contributed by atoms with Gasteiger partial charge in [-0.2, -0.15) is 0 Å². The van der Waals surface area contributed by atoms with Crippen molar-refractivity contribution in [3.63, 3.8) is 0 Å². The summed E-state index contributed by atoms with van der Waals surface area (Å²) < 4.78 is 0. The highest BCUT2D eigenvalue weighted by molar-refractivity contribution is 6.22. The number of anilines is 4. The molecule has 4 aliphatic rings. The molecule has 0 saturated heterocycles. The summed E-state index contributed by atoms with van der Waals surface area (Å²) in [5.41, 5.74) is 23.7. The van der Waals surface area contributed by atoms with E-state index in [4.69, 9.17) is 0 Å². The lowest BCUT2D eigenvalue weighted by molar-refractivity contribution is 0.127. The molecule has 2 nitrogen and oxygen atoms in total. The predicted molar refractivity (Wildman–Crippen MR) is 367 cm³/mol. The molecule has 2 heteroatoms. The first-order chi connectivity index (χ1) is 41.6. The zero-order chi connectivity index (χ0) is 58.7. The summed E-state index contributed by atoms with van der Waals surface area (Å²) in [6.07, 6.45) is 7.20. The maximum Gasteiger partial charge on any atom is 0.0492 e. The standard InChI is InChI=1S/C84H80N2/c1-81(2,3)65-45-47-83(7)75(53-65)73-51-63(39-43-77(73)85(83)67-25-17-11-18-26-67)61-37-41-69-71(49-61)79(59-33-29-57(30-34-59)55-21-13-9-14-22-55)70-42-38-62(50-72(70)80(69)60-35-31-58(32-36-60)56-23-15-10-16-24-56)64-40-44-78-74(52-64)76-54-66(82(4,5)6)46-48-84(76,8)86(78)68-27-19-12-20-28-68/h9-44,49-52,65-66,75-76H,45-48,53-54H2,1-8H3. The number of para-hydroxylation sites is 2. The lowest BCUT2D eigenvalue weighted by atomic mass is 9.62. The zero-order valence-electron chi connectivity index (χ0n) is 51.5. The van der Waals surface area contributed by atoms with E-state index in [0.717, 1.165) is 0 Å². The molecule has 0 bridgehead atoms. The van der Waals surface area contributed by atoms with E-state index in [1.807, 2.05) is 0 Å². The first-order valence-electron chi connectivity index (χ1n) is 32.0. The van der Waals surface area contributed by atoms with Crippen molar-refractivity contribution < 1.29 is 0 Å². The fourth-order valence-electron chi connectivity index (χ4n) is 16.8. The first kappa shape index (κ1) is 54.2. The Bertz CT molecular complexity index is 4060. The monoisotopic (exact) mass is 1120 g/mol. The van der Waals surface area contributed by atoms with Crippen molar-refractivity contribution in [2.75, 3.05) is 9.80 Å². The van der Waals surface area contributed by atoms with Crippen LogP contribution in [0.4, 0.5) is 22.7 Å². The Hall–Kier alpha value is -8.46. The van der Waals surface area contributed by atoms with Crippen molar-refractivity contribution in [1.82, 2.24) is 0 Å². The smallest absolute Gasteiger partial charge is 0.0492 e. The molecule has 6 atom stereocenters. The van der Waals surface area contributed by atoms with Crippen LogP contribution in [0.5, 0.6) is 0 Å². The second-order valence-corrected chi connectivity index (χ2v) is 28.5. The summed E-state index contributed by atoms with van der Waals surface area (Å²) in [5, 5.41) is 5.05. The van der Waals surface area contributed by atoms with E-state index < -0.39 is 0 Å². The first-order valence-corrected chi connectivity index (χ1v) is 32.0. The summed E-state index contributed by atoms with van der Waals surface area (Å²) >= 11 is 0. The van der Waals surface area contributed by atoms with Gasteiger partial charge in [0.15, 0.2) is 0 Å². The maximum absolute atomic E-state index is 2.71. The molecule has 86 heavy (non-hydrogen) atoms. The minimum atomic E-state index is -0.0106. The van der Waals surface area contributed by atoms with Gasteiger partial charge in [0.1, 0.15) is 0 Å². The Morgan fingerprint density at radius 2 is 0.616 bits per heavy atom. The van der Waals surface area contributed by atoms with Gasteiger partial charge in [0, 0.05) is 45.7 Å². The van der Waals surface area contributed by atoms with E-state index in [9.17, 15) is 0 Å². The number of rotatable bonds is 8. The Balaban J connectivity index is 0.941. The fraction of sp³-hybridized carbons (Fsp3) is 0.262. The number of hydrogen-bond donors (Lipinski definition) is 0. The fourth-order valence-corrected chi connectivity index (χ4v) is 16.8. The van der Waals surface area contributed by atoms with Crippen LogP contribution in [0.2, 0.25) is 0 Å². The molecule has 15 rings (SSSR count). The number of hydrogen-bond acceptors (Lipinski definition) is 2. The summed E-state index contributed by atoms with van der Waals surface area (Å²) in [5.74, 6) is 2.14. The summed E-state index contributed by atoms with van der Waals surface area (Å²) in [6.45, 7) is 19.9. The lowest BCUT2D eigenvalue weighted by Gasteiger charge is -2.49. The SMILES string of the molecule is CC(C)(C)C1CCC2(C)C(C1)c1cc(-c3ccc4c(-c5ccc(-c6ccccc6)cc5)c5cc(-c6ccc7c(c6)C6CC(C(C)(C)C)CCC6(C)N7c6ccccc6)ccc5c(-c5ccc(-c6ccccc6)cc5)c4c3)ccc1N2c1ccccc1. The third-order valence-corrected chi connectivity index (χ3v) is 21.7. The average Bonchev–Trinajstić information content (AvgIpc) is 1.47. The highest BCUT2D eigenvalue weighted by Gasteiger charge is 2.54. The van der Waals surface area contributed by atoms with Crippen LogP contribution in [0.15, 0.2) is 243 Å². The number of nitrogens with zero attached hydrogens (tertiary/aromatic N) is 2. The van der Waals surface area contributed by atoms with Crippen LogP contribution < -0.4 is 9.80 Å². The van der Waals surface area contributed by atoms with Gasteiger partial charge in [0.25, 0.3) is 0 Å². The number of benzene rings is 11. The molecule has 11 aromatic carbocycles. The van der Waals surface area contributed by atoms with Gasteiger partial charge in [0.2, 0.25) is 0 Å². The van der Waals surface area contributed by atoms with Crippen LogP contribution in [0.1, 0.15) is 117 Å². The van der Waals surface area contributed by atoms with Gasteiger partial charge >= 0.3 is 0 Å². The molecule has 0 aromatic heterocycles. The van der Waals surface area contributed by atoms with Crippen LogP contribution in [-0.4, -0.2) is 11.1 Å². The van der Waals surface area contributed by atoms with Crippen LogP contribution in [0.3, 0.4) is 0 Å². The van der Waals surface area contributed by atoms with Crippen LogP contribution in [0.25, 0.3) is 88.3 Å². The second-order valence-electron chi connectivity index (χ2n) is 28.5. The molecule has 0 spiro atoms.